The molecule has 1 aromatic carbocycles. The van der Waals surface area contributed by atoms with Crippen LogP contribution >= 0.6 is 15.9 Å². The zero-order chi connectivity index (χ0) is 14.4. The fourth-order valence-electron chi connectivity index (χ4n) is 2.96. The molecular weight excluding hydrogens is 316 g/mol. The Hall–Kier alpha value is -0.700. The summed E-state index contributed by atoms with van der Waals surface area (Å²) >= 11 is 3.49. The summed E-state index contributed by atoms with van der Waals surface area (Å²) in [6.45, 7) is 4.95. The summed E-state index contributed by atoms with van der Waals surface area (Å²) in [5, 5.41) is 0.842. The molecule has 0 bridgehead atoms. The van der Waals surface area contributed by atoms with E-state index in [2.05, 4.69) is 41.1 Å². The minimum Gasteiger partial charge on any atom is -0.490 e. The molecule has 0 spiro atoms. The molecule has 0 heterocycles. The zero-order valence-electron chi connectivity index (χ0n) is 12.5. The van der Waals surface area contributed by atoms with Crippen molar-refractivity contribution in [2.75, 3.05) is 6.61 Å². The average Bonchev–Trinajstić information content (AvgIpc) is 2.49. The molecule has 0 N–H and O–H groups in total. The van der Waals surface area contributed by atoms with Crippen molar-refractivity contribution in [2.24, 2.45) is 5.92 Å². The van der Waals surface area contributed by atoms with Crippen LogP contribution in [0.25, 0.3) is 0 Å². The molecule has 1 fully saturated rings. The highest BCUT2D eigenvalue weighted by Gasteiger charge is 2.26. The minimum absolute atomic E-state index is 0.350. The van der Waals surface area contributed by atoms with Crippen LogP contribution in [0.5, 0.6) is 11.5 Å². The molecule has 1 aliphatic carbocycles. The number of halogens is 1. The van der Waals surface area contributed by atoms with Gasteiger partial charge >= 0.3 is 0 Å². The van der Waals surface area contributed by atoms with Gasteiger partial charge in [0.25, 0.3) is 0 Å². The van der Waals surface area contributed by atoms with Gasteiger partial charge in [-0.15, -0.1) is 0 Å². The Morgan fingerprint density at radius 1 is 1.15 bits per heavy atom. The van der Waals surface area contributed by atoms with E-state index in [1.165, 1.54) is 37.7 Å². The molecule has 0 aliphatic heterocycles. The summed E-state index contributed by atoms with van der Waals surface area (Å²) in [6.07, 6.45) is 6.65. The molecule has 3 heteroatoms. The van der Waals surface area contributed by atoms with Gasteiger partial charge in [-0.25, -0.2) is 0 Å². The number of hydrogen-bond donors (Lipinski definition) is 0. The van der Waals surface area contributed by atoms with E-state index >= 15 is 0 Å². The van der Waals surface area contributed by atoms with Gasteiger partial charge in [0.15, 0.2) is 11.5 Å². The number of benzene rings is 1. The third kappa shape index (κ3) is 3.91. The first kappa shape index (κ1) is 15.7. The number of rotatable bonds is 6. The van der Waals surface area contributed by atoms with Crippen molar-refractivity contribution in [2.45, 2.75) is 57.4 Å². The fraction of sp³-hybridized carbons (Fsp3) is 0.647. The molecule has 0 aromatic heterocycles. The maximum atomic E-state index is 6.30. The summed E-state index contributed by atoms with van der Waals surface area (Å²) in [4.78, 5) is 0. The van der Waals surface area contributed by atoms with E-state index in [-0.39, 0.29) is 0 Å². The largest absolute Gasteiger partial charge is 0.490 e. The summed E-state index contributed by atoms with van der Waals surface area (Å²) in [6, 6.07) is 6.25. The Labute approximate surface area is 131 Å². The first-order valence-corrected chi connectivity index (χ1v) is 8.89. The molecule has 2 rings (SSSR count). The highest BCUT2D eigenvalue weighted by atomic mass is 79.9. The van der Waals surface area contributed by atoms with Gasteiger partial charge in [0.05, 0.1) is 6.61 Å². The van der Waals surface area contributed by atoms with E-state index in [0.717, 1.165) is 16.8 Å². The third-order valence-electron chi connectivity index (χ3n) is 4.10. The zero-order valence-corrected chi connectivity index (χ0v) is 14.1. The molecule has 112 valence electrons. The van der Waals surface area contributed by atoms with E-state index in [1.54, 1.807) is 0 Å². The SMILES string of the molecule is CCOc1cc(CBr)ccc1OC1CCCCC1CC. The van der Waals surface area contributed by atoms with Crippen LogP contribution in [0.2, 0.25) is 0 Å². The standard InChI is InChI=1S/C17H25BrO2/c1-3-14-7-5-6-8-15(14)20-16-10-9-13(12-18)11-17(16)19-4-2/h9-11,14-15H,3-8,12H2,1-2H3. The monoisotopic (exact) mass is 340 g/mol. The number of ether oxygens (including phenoxy) is 2. The van der Waals surface area contributed by atoms with Crippen molar-refractivity contribution in [3.8, 4) is 11.5 Å². The summed E-state index contributed by atoms with van der Waals surface area (Å²) in [5.41, 5.74) is 1.22. The number of hydrogen-bond acceptors (Lipinski definition) is 2. The van der Waals surface area contributed by atoms with Gasteiger partial charge in [-0.05, 0) is 56.2 Å². The van der Waals surface area contributed by atoms with E-state index in [4.69, 9.17) is 9.47 Å². The smallest absolute Gasteiger partial charge is 0.161 e. The fourth-order valence-corrected chi connectivity index (χ4v) is 3.31. The molecular formula is C17H25BrO2. The third-order valence-corrected chi connectivity index (χ3v) is 4.75. The topological polar surface area (TPSA) is 18.5 Å². The van der Waals surface area contributed by atoms with Crippen molar-refractivity contribution in [1.82, 2.24) is 0 Å². The second-order valence-electron chi connectivity index (χ2n) is 5.46. The number of alkyl halides is 1. The van der Waals surface area contributed by atoms with Crippen LogP contribution in [0.4, 0.5) is 0 Å². The van der Waals surface area contributed by atoms with Crippen molar-refractivity contribution >= 4 is 15.9 Å². The predicted molar refractivity (Wildman–Crippen MR) is 86.9 cm³/mol. The molecule has 1 saturated carbocycles. The Morgan fingerprint density at radius 2 is 1.95 bits per heavy atom. The first-order valence-electron chi connectivity index (χ1n) is 7.76. The van der Waals surface area contributed by atoms with Gasteiger partial charge < -0.3 is 9.47 Å². The molecule has 1 aliphatic rings. The molecule has 2 nitrogen and oxygen atoms in total. The van der Waals surface area contributed by atoms with Crippen molar-refractivity contribution < 1.29 is 9.47 Å². The second kappa shape index (κ2) is 7.92. The van der Waals surface area contributed by atoms with Crippen LogP contribution in [-0.2, 0) is 5.33 Å². The van der Waals surface area contributed by atoms with Crippen molar-refractivity contribution in [3.05, 3.63) is 23.8 Å². The minimum atomic E-state index is 0.350. The van der Waals surface area contributed by atoms with Gasteiger partial charge in [0.2, 0.25) is 0 Å². The Bertz CT molecular complexity index is 419. The van der Waals surface area contributed by atoms with Gasteiger partial charge in [0.1, 0.15) is 6.10 Å². The molecule has 2 unspecified atom stereocenters. The Morgan fingerprint density at radius 3 is 2.65 bits per heavy atom. The lowest BCUT2D eigenvalue weighted by Gasteiger charge is -2.31. The van der Waals surface area contributed by atoms with Gasteiger partial charge in [-0.2, -0.15) is 0 Å². The second-order valence-corrected chi connectivity index (χ2v) is 6.02. The summed E-state index contributed by atoms with van der Waals surface area (Å²) in [5.74, 6) is 2.47. The van der Waals surface area contributed by atoms with E-state index in [0.29, 0.717) is 18.6 Å². The van der Waals surface area contributed by atoms with Crippen molar-refractivity contribution in [3.63, 3.8) is 0 Å². The lowest BCUT2D eigenvalue weighted by atomic mass is 9.85. The van der Waals surface area contributed by atoms with Gasteiger partial charge in [-0.1, -0.05) is 35.3 Å². The average molecular weight is 341 g/mol. The van der Waals surface area contributed by atoms with Crippen LogP contribution in [0, 0.1) is 5.92 Å². The lowest BCUT2D eigenvalue weighted by molar-refractivity contribution is 0.0865. The summed E-state index contributed by atoms with van der Waals surface area (Å²) in [7, 11) is 0. The van der Waals surface area contributed by atoms with Gasteiger partial charge in [0, 0.05) is 5.33 Å². The van der Waals surface area contributed by atoms with Crippen LogP contribution in [0.3, 0.4) is 0 Å². The van der Waals surface area contributed by atoms with Crippen molar-refractivity contribution in [1.29, 1.82) is 0 Å². The molecule has 0 amide bonds. The normalized spacial score (nSPS) is 22.6. The Balaban J connectivity index is 2.14. The van der Waals surface area contributed by atoms with Crippen LogP contribution in [0.1, 0.15) is 51.5 Å². The van der Waals surface area contributed by atoms with E-state index in [9.17, 15) is 0 Å². The van der Waals surface area contributed by atoms with Crippen LogP contribution < -0.4 is 9.47 Å². The van der Waals surface area contributed by atoms with Gasteiger partial charge in [-0.3, -0.25) is 0 Å². The lowest BCUT2D eigenvalue weighted by Crippen LogP contribution is -2.30. The molecule has 1 aromatic rings. The highest BCUT2D eigenvalue weighted by Crippen LogP contribution is 2.35. The Kier molecular flexibility index (Phi) is 6.21. The first-order chi connectivity index (χ1) is 9.78. The highest BCUT2D eigenvalue weighted by molar-refractivity contribution is 9.08. The van der Waals surface area contributed by atoms with Crippen LogP contribution in [-0.4, -0.2) is 12.7 Å². The molecule has 0 radical (unpaired) electrons. The quantitative estimate of drug-likeness (QED) is 0.651. The van der Waals surface area contributed by atoms with E-state index < -0.39 is 0 Å². The molecule has 0 saturated heterocycles. The van der Waals surface area contributed by atoms with Crippen LogP contribution in [0.15, 0.2) is 18.2 Å². The molecule has 2 atom stereocenters. The maximum Gasteiger partial charge on any atom is 0.161 e. The van der Waals surface area contributed by atoms with E-state index in [1.807, 2.05) is 6.92 Å². The molecule has 20 heavy (non-hydrogen) atoms. The maximum absolute atomic E-state index is 6.30. The predicted octanol–water partition coefficient (Wildman–Crippen LogP) is 5.33. The summed E-state index contributed by atoms with van der Waals surface area (Å²) < 4.78 is 12.0.